The summed E-state index contributed by atoms with van der Waals surface area (Å²) in [7, 11) is 4.82. The number of amides is 1. The van der Waals surface area contributed by atoms with Crippen LogP contribution in [0.3, 0.4) is 0 Å². The summed E-state index contributed by atoms with van der Waals surface area (Å²) < 4.78 is 11.4. The van der Waals surface area contributed by atoms with Gasteiger partial charge in [-0.15, -0.1) is 0 Å². The zero-order valence-electron chi connectivity index (χ0n) is 13.8. The highest BCUT2D eigenvalue weighted by Gasteiger charge is 2.41. The van der Waals surface area contributed by atoms with E-state index in [-0.39, 0.29) is 5.54 Å². The van der Waals surface area contributed by atoms with Crippen LogP contribution < -0.4 is 10.6 Å². The molecule has 1 aromatic carbocycles. The lowest BCUT2D eigenvalue weighted by atomic mass is 10.0. The third kappa shape index (κ3) is 3.45. The number of carbonyl (C=O) groups is 1. The van der Waals surface area contributed by atoms with Gasteiger partial charge in [0.05, 0.1) is 11.3 Å². The van der Waals surface area contributed by atoms with E-state index in [1.54, 1.807) is 20.3 Å². The zero-order valence-corrected chi connectivity index (χ0v) is 14.8. The molecule has 0 aliphatic carbocycles. The second-order valence-electron chi connectivity index (χ2n) is 5.39. The van der Waals surface area contributed by atoms with E-state index in [0.717, 1.165) is 17.7 Å². The summed E-state index contributed by atoms with van der Waals surface area (Å²) in [5.41, 5.74) is 8.07. The van der Waals surface area contributed by atoms with Crippen LogP contribution in [0, 0.1) is 0 Å². The van der Waals surface area contributed by atoms with Crippen LogP contribution in [0.5, 0.6) is 0 Å². The van der Waals surface area contributed by atoms with Gasteiger partial charge in [-0.3, -0.25) is 4.79 Å². The fourth-order valence-corrected chi connectivity index (χ4v) is 5.06. The molecule has 1 unspecified atom stereocenters. The summed E-state index contributed by atoms with van der Waals surface area (Å²) in [6.45, 7) is 4.14. The molecule has 0 aliphatic rings. The molecule has 2 N–H and O–H groups in total. The van der Waals surface area contributed by atoms with Gasteiger partial charge >= 0.3 is 8.56 Å². The Bertz CT molecular complexity index is 502. The maximum Gasteiger partial charge on any atom is 0.342 e. The van der Waals surface area contributed by atoms with E-state index in [0.29, 0.717) is 5.56 Å². The van der Waals surface area contributed by atoms with Crippen molar-refractivity contribution >= 4 is 20.2 Å². The number of rotatable bonds is 7. The van der Waals surface area contributed by atoms with Crippen molar-refractivity contribution in [3.63, 3.8) is 0 Å². The second-order valence-corrected chi connectivity index (χ2v) is 8.93. The largest absolute Gasteiger partial charge is 0.397 e. The highest BCUT2D eigenvalue weighted by molar-refractivity contribution is 6.67. The number of hydrogen-bond acceptors (Lipinski definition) is 4. The minimum absolute atomic E-state index is 0.115. The molecular weight excluding hydrogens is 284 g/mol. The van der Waals surface area contributed by atoms with E-state index in [1.807, 2.05) is 37.7 Å². The molecule has 0 aromatic heterocycles. The van der Waals surface area contributed by atoms with Crippen LogP contribution >= 0.6 is 0 Å². The molecule has 1 aromatic rings. The molecule has 118 valence electrons. The molecule has 0 bridgehead atoms. The Morgan fingerprint density at radius 3 is 2.29 bits per heavy atom. The van der Waals surface area contributed by atoms with Crippen molar-refractivity contribution < 1.29 is 13.6 Å². The van der Waals surface area contributed by atoms with Gasteiger partial charge in [-0.25, -0.2) is 0 Å². The third-order valence-electron chi connectivity index (χ3n) is 4.01. The first-order chi connectivity index (χ1) is 9.82. The minimum atomic E-state index is -2.38. The predicted molar refractivity (Wildman–Crippen MR) is 88.0 cm³/mol. The van der Waals surface area contributed by atoms with Crippen molar-refractivity contribution in [3.05, 3.63) is 29.3 Å². The molecule has 6 heteroatoms. The van der Waals surface area contributed by atoms with Crippen LogP contribution in [-0.4, -0.2) is 42.8 Å². The SMILES string of the molecule is CCC(c1cccc(C(N)=O)c1N(C)C)[Si](C)(OC)OC. The number of para-hydroxylation sites is 1. The standard InChI is InChI=1S/C15H26N2O3Si/c1-7-13(21(6,19-4)20-5)11-9-8-10-12(15(16)18)14(11)17(2)3/h8-10,13H,7H2,1-6H3,(H2,16,18). The molecule has 0 saturated carbocycles. The fraction of sp³-hybridized carbons (Fsp3) is 0.533. The van der Waals surface area contributed by atoms with Crippen molar-refractivity contribution in [2.75, 3.05) is 33.2 Å². The molecule has 21 heavy (non-hydrogen) atoms. The average Bonchev–Trinajstić information content (AvgIpc) is 2.47. The van der Waals surface area contributed by atoms with Gasteiger partial charge in [0.2, 0.25) is 0 Å². The normalized spacial score (nSPS) is 13.0. The molecular formula is C15H26N2O3Si. The van der Waals surface area contributed by atoms with Crippen LogP contribution in [0.4, 0.5) is 5.69 Å². The monoisotopic (exact) mass is 310 g/mol. The number of hydrogen-bond donors (Lipinski definition) is 1. The molecule has 0 spiro atoms. The Hall–Kier alpha value is -1.37. The van der Waals surface area contributed by atoms with E-state index in [2.05, 4.69) is 6.92 Å². The average molecular weight is 310 g/mol. The quantitative estimate of drug-likeness (QED) is 0.785. The Labute approximate surface area is 128 Å². The zero-order chi connectivity index (χ0) is 16.2. The first kappa shape index (κ1) is 17.7. The predicted octanol–water partition coefficient (Wildman–Crippen LogP) is 2.25. The van der Waals surface area contributed by atoms with Crippen LogP contribution in [0.1, 0.15) is 34.8 Å². The Morgan fingerprint density at radius 2 is 1.90 bits per heavy atom. The van der Waals surface area contributed by atoms with Crippen molar-refractivity contribution in [1.29, 1.82) is 0 Å². The van der Waals surface area contributed by atoms with Crippen LogP contribution in [-0.2, 0) is 8.85 Å². The van der Waals surface area contributed by atoms with Gasteiger partial charge in [-0.2, -0.15) is 0 Å². The molecule has 0 fully saturated rings. The lowest BCUT2D eigenvalue weighted by Gasteiger charge is -2.34. The number of benzene rings is 1. The smallest absolute Gasteiger partial charge is 0.342 e. The highest BCUT2D eigenvalue weighted by Crippen LogP contribution is 2.38. The number of primary amides is 1. The first-order valence-corrected chi connectivity index (χ1v) is 9.42. The Kier molecular flexibility index (Phi) is 5.95. The van der Waals surface area contributed by atoms with Gasteiger partial charge in [0.25, 0.3) is 5.91 Å². The van der Waals surface area contributed by atoms with E-state index in [4.69, 9.17) is 14.6 Å². The Morgan fingerprint density at radius 1 is 1.33 bits per heavy atom. The van der Waals surface area contributed by atoms with Gasteiger partial charge in [-0.1, -0.05) is 19.1 Å². The van der Waals surface area contributed by atoms with Crippen LogP contribution in [0.15, 0.2) is 18.2 Å². The third-order valence-corrected chi connectivity index (χ3v) is 7.61. The van der Waals surface area contributed by atoms with Crippen LogP contribution in [0.2, 0.25) is 6.55 Å². The Balaban J connectivity index is 3.53. The fourth-order valence-electron chi connectivity index (χ4n) is 2.78. The minimum Gasteiger partial charge on any atom is -0.397 e. The number of carbonyl (C=O) groups excluding carboxylic acids is 1. The molecule has 0 radical (unpaired) electrons. The number of nitrogens with two attached hydrogens (primary N) is 1. The maximum atomic E-state index is 11.7. The topological polar surface area (TPSA) is 64.8 Å². The molecule has 0 heterocycles. The molecule has 5 nitrogen and oxygen atoms in total. The molecule has 1 amide bonds. The van der Waals surface area contributed by atoms with Gasteiger partial charge in [0.15, 0.2) is 0 Å². The van der Waals surface area contributed by atoms with E-state index >= 15 is 0 Å². The van der Waals surface area contributed by atoms with Crippen LogP contribution in [0.25, 0.3) is 0 Å². The molecule has 1 atom stereocenters. The van der Waals surface area contributed by atoms with Crippen molar-refractivity contribution in [2.24, 2.45) is 5.73 Å². The van der Waals surface area contributed by atoms with E-state index in [9.17, 15) is 4.79 Å². The molecule has 0 saturated heterocycles. The molecule has 1 rings (SSSR count). The summed E-state index contributed by atoms with van der Waals surface area (Å²) in [5, 5.41) is 0. The first-order valence-electron chi connectivity index (χ1n) is 7.02. The lowest BCUT2D eigenvalue weighted by Crippen LogP contribution is -2.44. The van der Waals surface area contributed by atoms with Crippen molar-refractivity contribution in [3.8, 4) is 0 Å². The van der Waals surface area contributed by atoms with Crippen molar-refractivity contribution in [2.45, 2.75) is 25.4 Å². The van der Waals surface area contributed by atoms with Crippen molar-refractivity contribution in [1.82, 2.24) is 0 Å². The van der Waals surface area contributed by atoms with E-state index < -0.39 is 14.5 Å². The summed E-state index contributed by atoms with van der Waals surface area (Å²) >= 11 is 0. The van der Waals surface area contributed by atoms with Gasteiger partial charge in [-0.05, 0) is 24.6 Å². The number of nitrogens with zero attached hydrogens (tertiary/aromatic N) is 1. The lowest BCUT2D eigenvalue weighted by molar-refractivity contribution is 0.100. The summed E-state index contributed by atoms with van der Waals surface area (Å²) in [6, 6.07) is 5.65. The van der Waals surface area contributed by atoms with Gasteiger partial charge in [0, 0.05) is 33.9 Å². The molecule has 0 aliphatic heterocycles. The van der Waals surface area contributed by atoms with Gasteiger partial charge < -0.3 is 19.5 Å². The highest BCUT2D eigenvalue weighted by atomic mass is 28.4. The number of anilines is 1. The summed E-state index contributed by atoms with van der Waals surface area (Å²) in [6.07, 6.45) is 0.869. The second kappa shape index (κ2) is 7.06. The maximum absolute atomic E-state index is 11.7. The van der Waals surface area contributed by atoms with Gasteiger partial charge in [0.1, 0.15) is 0 Å². The summed E-state index contributed by atoms with van der Waals surface area (Å²) in [4.78, 5) is 13.7. The summed E-state index contributed by atoms with van der Waals surface area (Å²) in [5.74, 6) is -0.423. The van der Waals surface area contributed by atoms with E-state index in [1.165, 1.54) is 0 Å².